The fourth-order valence-electron chi connectivity index (χ4n) is 2.73. The lowest BCUT2D eigenvalue weighted by Crippen LogP contribution is -2.16. The highest BCUT2D eigenvalue weighted by Gasteiger charge is 2.17. The molecule has 0 saturated carbocycles. The van der Waals surface area contributed by atoms with Gasteiger partial charge >= 0.3 is 0 Å². The number of anilines is 2. The Bertz CT molecular complexity index is 962. The van der Waals surface area contributed by atoms with Crippen LogP contribution in [0.1, 0.15) is 39.5 Å². The predicted molar refractivity (Wildman–Crippen MR) is 108 cm³/mol. The van der Waals surface area contributed by atoms with E-state index in [9.17, 15) is 4.79 Å². The van der Waals surface area contributed by atoms with E-state index in [0.29, 0.717) is 23.7 Å². The van der Waals surface area contributed by atoms with Gasteiger partial charge in [0.25, 0.3) is 5.91 Å². The maximum atomic E-state index is 12.7. The fraction of sp³-hybridized carbons (Fsp3) is 0.263. The summed E-state index contributed by atoms with van der Waals surface area (Å²) in [6.45, 7) is 2.36. The summed E-state index contributed by atoms with van der Waals surface area (Å²) in [5, 5.41) is 11.8. The standard InChI is InChI=1S/C19H21N5O3S/c1-11(19-24-21-10-28-19)12-4-7-16(27-3)15(8-12)23-18(25)14-6-5-13(9-26-2)22-17(14)20/h4-8,10-11H,9H2,1-3H3,(H2,20,22)(H,23,25). The molecular formula is C19H21N5O3S. The number of nitrogens with two attached hydrogens (primary N) is 1. The van der Waals surface area contributed by atoms with Crippen molar-refractivity contribution in [1.29, 1.82) is 0 Å². The maximum Gasteiger partial charge on any atom is 0.259 e. The molecular weight excluding hydrogens is 378 g/mol. The summed E-state index contributed by atoms with van der Waals surface area (Å²) >= 11 is 1.48. The highest BCUT2D eigenvalue weighted by molar-refractivity contribution is 7.09. The van der Waals surface area contributed by atoms with Gasteiger partial charge < -0.3 is 20.5 Å². The average molecular weight is 399 g/mol. The second-order valence-corrected chi connectivity index (χ2v) is 6.95. The van der Waals surface area contributed by atoms with Crippen molar-refractivity contribution in [2.75, 3.05) is 25.3 Å². The summed E-state index contributed by atoms with van der Waals surface area (Å²) in [7, 11) is 3.12. The Morgan fingerprint density at radius 2 is 2.11 bits per heavy atom. The molecule has 1 unspecified atom stereocenters. The van der Waals surface area contributed by atoms with E-state index in [0.717, 1.165) is 10.6 Å². The molecule has 8 nitrogen and oxygen atoms in total. The van der Waals surface area contributed by atoms with Crippen LogP contribution in [0, 0.1) is 0 Å². The molecule has 9 heteroatoms. The van der Waals surface area contributed by atoms with E-state index in [4.69, 9.17) is 15.2 Å². The van der Waals surface area contributed by atoms with Gasteiger partial charge in [0.1, 0.15) is 22.1 Å². The molecule has 0 bridgehead atoms. The van der Waals surface area contributed by atoms with Crippen molar-refractivity contribution in [1.82, 2.24) is 15.2 Å². The summed E-state index contributed by atoms with van der Waals surface area (Å²) in [6.07, 6.45) is 0. The molecule has 28 heavy (non-hydrogen) atoms. The van der Waals surface area contributed by atoms with Crippen LogP contribution in [0.3, 0.4) is 0 Å². The number of carbonyl (C=O) groups excluding carboxylic acids is 1. The van der Waals surface area contributed by atoms with Crippen molar-refractivity contribution >= 4 is 28.7 Å². The van der Waals surface area contributed by atoms with E-state index in [1.807, 2.05) is 25.1 Å². The van der Waals surface area contributed by atoms with Crippen LogP contribution >= 0.6 is 11.3 Å². The highest BCUT2D eigenvalue weighted by atomic mass is 32.1. The molecule has 0 spiro atoms. The van der Waals surface area contributed by atoms with Crippen LogP contribution in [-0.2, 0) is 11.3 Å². The third-order valence-electron chi connectivity index (χ3n) is 4.24. The molecule has 0 aliphatic carbocycles. The molecule has 1 amide bonds. The van der Waals surface area contributed by atoms with Crippen molar-refractivity contribution in [3.05, 3.63) is 57.7 Å². The first-order chi connectivity index (χ1) is 13.5. The quantitative estimate of drug-likeness (QED) is 0.628. The van der Waals surface area contributed by atoms with Crippen molar-refractivity contribution < 1.29 is 14.3 Å². The van der Waals surface area contributed by atoms with Gasteiger partial charge in [-0.25, -0.2) is 4.98 Å². The molecule has 3 rings (SSSR count). The summed E-state index contributed by atoms with van der Waals surface area (Å²) in [6, 6.07) is 8.96. The number of nitrogens with one attached hydrogen (secondary N) is 1. The number of hydrogen-bond acceptors (Lipinski definition) is 8. The zero-order valence-corrected chi connectivity index (χ0v) is 16.6. The molecule has 0 radical (unpaired) electrons. The van der Waals surface area contributed by atoms with Gasteiger partial charge in [-0.05, 0) is 29.8 Å². The molecule has 1 atom stereocenters. The third-order valence-corrected chi connectivity index (χ3v) is 5.11. The normalized spacial score (nSPS) is 11.8. The Balaban J connectivity index is 1.86. The van der Waals surface area contributed by atoms with Gasteiger partial charge in [0.15, 0.2) is 0 Å². The number of aromatic nitrogens is 3. The van der Waals surface area contributed by atoms with E-state index in [1.165, 1.54) is 11.3 Å². The number of rotatable bonds is 7. The van der Waals surface area contributed by atoms with Crippen LogP contribution in [0.2, 0.25) is 0 Å². The fourth-order valence-corrected chi connectivity index (χ4v) is 3.37. The average Bonchev–Trinajstić information content (AvgIpc) is 3.22. The van der Waals surface area contributed by atoms with Gasteiger partial charge in [0.05, 0.1) is 30.7 Å². The van der Waals surface area contributed by atoms with Crippen LogP contribution in [0.15, 0.2) is 35.8 Å². The van der Waals surface area contributed by atoms with Gasteiger partial charge in [-0.2, -0.15) is 0 Å². The third kappa shape index (κ3) is 4.26. The van der Waals surface area contributed by atoms with Crippen LogP contribution in [0.4, 0.5) is 11.5 Å². The van der Waals surface area contributed by atoms with Crippen LogP contribution in [0.5, 0.6) is 5.75 Å². The zero-order valence-electron chi connectivity index (χ0n) is 15.8. The number of hydrogen-bond donors (Lipinski definition) is 2. The Labute approximate surface area is 166 Å². The summed E-state index contributed by atoms with van der Waals surface area (Å²) < 4.78 is 10.4. The molecule has 3 aromatic rings. The zero-order chi connectivity index (χ0) is 20.1. The number of nitrogens with zero attached hydrogens (tertiary/aromatic N) is 3. The molecule has 146 valence electrons. The van der Waals surface area contributed by atoms with E-state index in [-0.39, 0.29) is 23.2 Å². The van der Waals surface area contributed by atoms with Gasteiger partial charge in [0, 0.05) is 13.0 Å². The van der Waals surface area contributed by atoms with Gasteiger partial charge in [-0.15, -0.1) is 21.5 Å². The van der Waals surface area contributed by atoms with Crippen LogP contribution in [0.25, 0.3) is 0 Å². The van der Waals surface area contributed by atoms with E-state index >= 15 is 0 Å². The SMILES string of the molecule is COCc1ccc(C(=O)Nc2cc(C(C)c3nncs3)ccc2OC)c(N)n1. The van der Waals surface area contributed by atoms with Gasteiger partial charge in [0.2, 0.25) is 0 Å². The second kappa shape index (κ2) is 8.77. The van der Waals surface area contributed by atoms with E-state index < -0.39 is 0 Å². The number of methoxy groups -OCH3 is 2. The molecule has 2 aromatic heterocycles. The Morgan fingerprint density at radius 1 is 1.29 bits per heavy atom. The van der Waals surface area contributed by atoms with Crippen molar-refractivity contribution in [2.24, 2.45) is 0 Å². The van der Waals surface area contributed by atoms with Crippen LogP contribution in [-0.4, -0.2) is 35.3 Å². The molecule has 1 aromatic carbocycles. The highest BCUT2D eigenvalue weighted by Crippen LogP contribution is 2.32. The van der Waals surface area contributed by atoms with Crippen molar-refractivity contribution in [2.45, 2.75) is 19.4 Å². The number of ether oxygens (including phenoxy) is 2. The lowest BCUT2D eigenvalue weighted by atomic mass is 10.0. The van der Waals surface area contributed by atoms with Crippen molar-refractivity contribution in [3.63, 3.8) is 0 Å². The van der Waals surface area contributed by atoms with E-state index in [2.05, 4.69) is 20.5 Å². The van der Waals surface area contributed by atoms with Gasteiger partial charge in [-0.1, -0.05) is 13.0 Å². The number of benzene rings is 1. The minimum Gasteiger partial charge on any atom is -0.495 e. The second-order valence-electron chi connectivity index (χ2n) is 6.08. The summed E-state index contributed by atoms with van der Waals surface area (Å²) in [5.74, 6) is 0.357. The summed E-state index contributed by atoms with van der Waals surface area (Å²) in [4.78, 5) is 16.9. The molecule has 2 heterocycles. The lowest BCUT2D eigenvalue weighted by molar-refractivity contribution is 0.102. The molecule has 0 fully saturated rings. The molecule has 0 aliphatic rings. The Hall–Kier alpha value is -3.04. The molecule has 0 aliphatic heterocycles. The largest absolute Gasteiger partial charge is 0.495 e. The Morgan fingerprint density at radius 3 is 2.75 bits per heavy atom. The van der Waals surface area contributed by atoms with Gasteiger partial charge in [-0.3, -0.25) is 4.79 Å². The smallest absolute Gasteiger partial charge is 0.259 e. The lowest BCUT2D eigenvalue weighted by Gasteiger charge is -2.15. The molecule has 0 saturated heterocycles. The number of carbonyl (C=O) groups is 1. The minimum absolute atomic E-state index is 0.0362. The Kier molecular flexibility index (Phi) is 6.17. The minimum atomic E-state index is -0.368. The monoisotopic (exact) mass is 399 g/mol. The first kappa shape index (κ1) is 19.7. The topological polar surface area (TPSA) is 112 Å². The summed E-state index contributed by atoms with van der Waals surface area (Å²) in [5.41, 5.74) is 10.1. The predicted octanol–water partition coefficient (Wildman–Crippen LogP) is 3.07. The number of nitrogen functional groups attached to an aromatic ring is 1. The first-order valence-corrected chi connectivity index (χ1v) is 9.41. The maximum absolute atomic E-state index is 12.7. The number of amides is 1. The van der Waals surface area contributed by atoms with Crippen molar-refractivity contribution in [3.8, 4) is 5.75 Å². The number of pyridine rings is 1. The van der Waals surface area contributed by atoms with Crippen LogP contribution < -0.4 is 15.8 Å². The van der Waals surface area contributed by atoms with E-state index in [1.54, 1.807) is 31.9 Å². The molecule has 3 N–H and O–H groups in total. The first-order valence-electron chi connectivity index (χ1n) is 8.53.